The average Bonchev–Trinajstić information content (AvgIpc) is 1.37. The van der Waals surface area contributed by atoms with Crippen molar-refractivity contribution in [3.63, 3.8) is 0 Å². The van der Waals surface area contributed by atoms with E-state index in [9.17, 15) is 0 Å². The predicted octanol–water partition coefficient (Wildman–Crippen LogP) is 1.41. The molecule has 0 saturated heterocycles. The number of hydrogen-bond donors (Lipinski definition) is 0. The van der Waals surface area contributed by atoms with Gasteiger partial charge in [0.05, 0.1) is 0 Å². The molecule has 0 bridgehead atoms. The third-order valence-corrected chi connectivity index (χ3v) is 0.982. The summed E-state index contributed by atoms with van der Waals surface area (Å²) < 4.78 is 0. The third kappa shape index (κ3) is 10.8. The van der Waals surface area contributed by atoms with Gasteiger partial charge < -0.3 is 0 Å². The smallest absolute Gasteiger partial charge is 0.00286 e. The van der Waals surface area contributed by atoms with Gasteiger partial charge in [-0.1, -0.05) is 22.9 Å². The summed E-state index contributed by atoms with van der Waals surface area (Å²) in [6.07, 6.45) is 1.24. The molecule has 0 aliphatic carbocycles. The van der Waals surface area contributed by atoms with Crippen molar-refractivity contribution >= 4 is 45.5 Å². The molecule has 27 valence electrons. The Morgan fingerprint density at radius 2 is 1.80 bits per heavy atom. The Kier molecular flexibility index (Phi) is 17.6. The maximum absolute atomic E-state index is 3.25. The molecular formula is C3H7BrNa. The number of rotatable bonds is 1. The van der Waals surface area contributed by atoms with Crippen LogP contribution in [0.2, 0.25) is 0 Å². The Morgan fingerprint density at radius 3 is 1.80 bits per heavy atom. The zero-order valence-corrected chi connectivity index (χ0v) is 7.38. The topological polar surface area (TPSA) is 0 Å². The van der Waals surface area contributed by atoms with Crippen LogP contribution in [0, 0.1) is 0 Å². The molecule has 1 radical (unpaired) electrons. The van der Waals surface area contributed by atoms with E-state index >= 15 is 0 Å². The molecule has 0 spiro atoms. The zero-order chi connectivity index (χ0) is 3.41. The van der Waals surface area contributed by atoms with Crippen molar-refractivity contribution in [1.82, 2.24) is 0 Å². The monoisotopic (exact) mass is 145 g/mol. The van der Waals surface area contributed by atoms with E-state index < -0.39 is 0 Å². The van der Waals surface area contributed by atoms with Gasteiger partial charge in [-0.2, -0.15) is 0 Å². The van der Waals surface area contributed by atoms with Gasteiger partial charge in [0, 0.05) is 34.9 Å². The van der Waals surface area contributed by atoms with Crippen LogP contribution < -0.4 is 0 Å². The second kappa shape index (κ2) is 9.08. The second-order valence-electron chi connectivity index (χ2n) is 0.689. The molecular weight excluding hydrogens is 139 g/mol. The summed E-state index contributed by atoms with van der Waals surface area (Å²) in [6.45, 7) is 2.13. The number of halogens is 1. The van der Waals surface area contributed by atoms with Crippen LogP contribution in [0.5, 0.6) is 0 Å². The summed E-state index contributed by atoms with van der Waals surface area (Å²) in [4.78, 5) is 0. The summed E-state index contributed by atoms with van der Waals surface area (Å²) >= 11 is 3.25. The molecule has 0 aromatic heterocycles. The van der Waals surface area contributed by atoms with Gasteiger partial charge in [0.25, 0.3) is 0 Å². The van der Waals surface area contributed by atoms with Crippen LogP contribution in [-0.4, -0.2) is 34.9 Å². The Morgan fingerprint density at radius 1 is 1.60 bits per heavy atom. The summed E-state index contributed by atoms with van der Waals surface area (Å²) in [6, 6.07) is 0. The van der Waals surface area contributed by atoms with Gasteiger partial charge in [-0.3, -0.25) is 0 Å². The normalized spacial score (nSPS) is 6.00. The summed E-state index contributed by atoms with van der Waals surface area (Å²) in [7, 11) is 0. The van der Waals surface area contributed by atoms with Gasteiger partial charge in [-0.05, 0) is 6.42 Å². The van der Waals surface area contributed by atoms with E-state index in [-0.39, 0.29) is 29.6 Å². The van der Waals surface area contributed by atoms with Gasteiger partial charge in [-0.25, -0.2) is 0 Å². The van der Waals surface area contributed by atoms with Crippen molar-refractivity contribution in [3.05, 3.63) is 0 Å². The Labute approximate surface area is 63.8 Å². The fraction of sp³-hybridized carbons (Fsp3) is 1.00. The number of hydrogen-bond acceptors (Lipinski definition) is 0. The molecule has 0 rings (SSSR count). The fourth-order valence-electron chi connectivity index (χ4n) is 0. The molecule has 0 aliphatic rings. The summed E-state index contributed by atoms with van der Waals surface area (Å²) in [5.74, 6) is 0. The van der Waals surface area contributed by atoms with Crippen LogP contribution in [0.3, 0.4) is 0 Å². The van der Waals surface area contributed by atoms with Gasteiger partial charge in [0.15, 0.2) is 0 Å². The first kappa shape index (κ1) is 9.70. The largest absolute Gasteiger partial charge is 0.0928 e. The molecule has 0 nitrogen and oxygen atoms in total. The minimum atomic E-state index is 0. The molecule has 5 heavy (non-hydrogen) atoms. The molecule has 0 aliphatic heterocycles. The van der Waals surface area contributed by atoms with Crippen molar-refractivity contribution in [2.45, 2.75) is 13.3 Å². The molecule has 0 N–H and O–H groups in total. The van der Waals surface area contributed by atoms with Crippen LogP contribution in [0.15, 0.2) is 0 Å². The van der Waals surface area contributed by atoms with Crippen LogP contribution in [-0.2, 0) is 0 Å². The van der Waals surface area contributed by atoms with Gasteiger partial charge in [-0.15, -0.1) is 0 Å². The Balaban J connectivity index is 0. The molecule has 0 atom stereocenters. The van der Waals surface area contributed by atoms with Crippen molar-refractivity contribution in [2.75, 3.05) is 5.33 Å². The van der Waals surface area contributed by atoms with E-state index in [1.807, 2.05) is 0 Å². The van der Waals surface area contributed by atoms with Crippen molar-refractivity contribution in [2.24, 2.45) is 0 Å². The quantitative estimate of drug-likeness (QED) is 0.387. The molecule has 0 heterocycles. The Bertz CT molecular complexity index is 8.85. The zero-order valence-electron chi connectivity index (χ0n) is 3.79. The van der Waals surface area contributed by atoms with Crippen molar-refractivity contribution < 1.29 is 0 Å². The van der Waals surface area contributed by atoms with Crippen LogP contribution >= 0.6 is 15.9 Å². The van der Waals surface area contributed by atoms with E-state index in [4.69, 9.17) is 0 Å². The molecule has 0 amide bonds. The van der Waals surface area contributed by atoms with Crippen LogP contribution in [0.25, 0.3) is 0 Å². The van der Waals surface area contributed by atoms with Crippen molar-refractivity contribution in [1.29, 1.82) is 0 Å². The maximum atomic E-state index is 3.25. The molecule has 0 unspecified atom stereocenters. The first-order chi connectivity index (χ1) is 1.91. The first-order valence-electron chi connectivity index (χ1n) is 1.47. The standard InChI is InChI=1S/C3H7Br.Na/c1-2-3-4;/h2-3H2,1H3;. The summed E-state index contributed by atoms with van der Waals surface area (Å²) in [5.41, 5.74) is 0. The van der Waals surface area contributed by atoms with Crippen LogP contribution in [0.4, 0.5) is 0 Å². The van der Waals surface area contributed by atoms with Gasteiger partial charge in [0.2, 0.25) is 0 Å². The minimum Gasteiger partial charge on any atom is -0.0928 e. The van der Waals surface area contributed by atoms with E-state index in [1.165, 1.54) is 6.42 Å². The van der Waals surface area contributed by atoms with E-state index in [1.54, 1.807) is 0 Å². The Hall–Kier alpha value is 1.48. The predicted molar refractivity (Wildman–Crippen MR) is 29.8 cm³/mol. The van der Waals surface area contributed by atoms with Crippen molar-refractivity contribution in [3.8, 4) is 0 Å². The van der Waals surface area contributed by atoms with E-state index in [0.29, 0.717) is 0 Å². The van der Waals surface area contributed by atoms with E-state index in [0.717, 1.165) is 5.33 Å². The van der Waals surface area contributed by atoms with Gasteiger partial charge >= 0.3 is 0 Å². The maximum Gasteiger partial charge on any atom is 0.00286 e. The summed E-state index contributed by atoms with van der Waals surface area (Å²) in [5, 5.41) is 1.13. The van der Waals surface area contributed by atoms with Gasteiger partial charge in [0.1, 0.15) is 0 Å². The van der Waals surface area contributed by atoms with Crippen LogP contribution in [0.1, 0.15) is 13.3 Å². The first-order valence-corrected chi connectivity index (χ1v) is 2.60. The molecule has 0 aromatic rings. The minimum absolute atomic E-state index is 0. The SMILES string of the molecule is CCCBr.[Na]. The molecule has 2 heteroatoms. The molecule has 0 saturated carbocycles. The molecule has 0 fully saturated rings. The van der Waals surface area contributed by atoms with E-state index in [2.05, 4.69) is 22.9 Å². The fourth-order valence-corrected chi connectivity index (χ4v) is 0. The third-order valence-electron chi connectivity index (χ3n) is 0.189. The molecule has 0 aromatic carbocycles. The second-order valence-corrected chi connectivity index (χ2v) is 1.48. The number of alkyl halides is 1. The average molecular weight is 146 g/mol.